The zero-order valence-electron chi connectivity index (χ0n) is 16.2. The third-order valence-electron chi connectivity index (χ3n) is 5.13. The molecule has 2 N–H and O–H groups in total. The molecule has 2 heterocycles. The molecule has 0 saturated carbocycles. The van der Waals surface area contributed by atoms with E-state index in [9.17, 15) is 4.79 Å². The van der Waals surface area contributed by atoms with Crippen LogP contribution in [0.5, 0.6) is 0 Å². The number of anilines is 1. The lowest BCUT2D eigenvalue weighted by atomic mass is 9.91. The first-order valence-electron chi connectivity index (χ1n) is 9.54. The van der Waals surface area contributed by atoms with E-state index in [1.54, 1.807) is 30.5 Å². The minimum absolute atomic E-state index is 0. The van der Waals surface area contributed by atoms with Crippen molar-refractivity contribution in [3.05, 3.63) is 76.6 Å². The smallest absolute Gasteiger partial charge is 0.259 e. The van der Waals surface area contributed by atoms with E-state index in [1.165, 1.54) is 0 Å². The number of nitrogens with one attached hydrogen (secondary N) is 2. The van der Waals surface area contributed by atoms with E-state index in [4.69, 9.17) is 11.6 Å². The summed E-state index contributed by atoms with van der Waals surface area (Å²) >= 11 is 5.94. The van der Waals surface area contributed by atoms with Gasteiger partial charge in [-0.3, -0.25) is 4.79 Å². The largest absolute Gasteiger partial charge is 0.322 e. The minimum atomic E-state index is -0.144. The molecule has 1 aliphatic heterocycles. The van der Waals surface area contributed by atoms with E-state index < -0.39 is 0 Å². The predicted molar refractivity (Wildman–Crippen MR) is 120 cm³/mol. The quantitative estimate of drug-likeness (QED) is 0.613. The van der Waals surface area contributed by atoms with Crippen LogP contribution >= 0.6 is 24.0 Å². The van der Waals surface area contributed by atoms with Crippen LogP contribution in [-0.4, -0.2) is 28.8 Å². The molecule has 7 heteroatoms. The fourth-order valence-electron chi connectivity index (χ4n) is 3.72. The van der Waals surface area contributed by atoms with Gasteiger partial charge in [-0.1, -0.05) is 23.7 Å². The number of aryl methyl sites for hydroxylation is 1. The van der Waals surface area contributed by atoms with Crippen LogP contribution in [0.4, 0.5) is 5.69 Å². The van der Waals surface area contributed by atoms with Gasteiger partial charge in [-0.25, -0.2) is 4.68 Å². The van der Waals surface area contributed by atoms with Crippen LogP contribution in [0, 0.1) is 6.92 Å². The topological polar surface area (TPSA) is 59.0 Å². The fourth-order valence-corrected chi connectivity index (χ4v) is 3.84. The molecule has 0 spiro atoms. The fraction of sp³-hybridized carbons (Fsp3) is 0.273. The highest BCUT2D eigenvalue weighted by atomic mass is 35.5. The molecule has 1 fully saturated rings. The minimum Gasteiger partial charge on any atom is -0.322 e. The SMILES string of the molecule is Cc1cccc(-n2ncc(C(=O)Nc3ccc(Cl)cc3)c2C2CCNCC2)c1.Cl. The predicted octanol–water partition coefficient (Wildman–Crippen LogP) is 4.98. The highest BCUT2D eigenvalue weighted by Gasteiger charge is 2.27. The average molecular weight is 431 g/mol. The van der Waals surface area contributed by atoms with Gasteiger partial charge in [0.2, 0.25) is 0 Å². The Hall–Kier alpha value is -2.34. The maximum atomic E-state index is 13.1. The van der Waals surface area contributed by atoms with E-state index in [-0.39, 0.29) is 24.2 Å². The van der Waals surface area contributed by atoms with Gasteiger partial charge in [-0.15, -0.1) is 12.4 Å². The third kappa shape index (κ3) is 4.81. The third-order valence-corrected chi connectivity index (χ3v) is 5.38. The Kier molecular flexibility index (Phi) is 6.96. The lowest BCUT2D eigenvalue weighted by Gasteiger charge is -2.24. The number of carbonyl (C=O) groups is 1. The first-order valence-corrected chi connectivity index (χ1v) is 9.92. The van der Waals surface area contributed by atoms with Crippen LogP contribution in [0.1, 0.15) is 40.4 Å². The normalized spacial score (nSPS) is 14.3. The molecule has 5 nitrogen and oxygen atoms in total. The van der Waals surface area contributed by atoms with Crippen LogP contribution in [0.2, 0.25) is 5.02 Å². The maximum Gasteiger partial charge on any atom is 0.259 e. The van der Waals surface area contributed by atoms with Gasteiger partial charge in [-0.2, -0.15) is 5.10 Å². The van der Waals surface area contributed by atoms with Crippen LogP contribution in [0.25, 0.3) is 5.69 Å². The average Bonchev–Trinajstić information content (AvgIpc) is 3.16. The second-order valence-electron chi connectivity index (χ2n) is 7.18. The number of amides is 1. The van der Waals surface area contributed by atoms with Crippen molar-refractivity contribution < 1.29 is 4.79 Å². The first-order chi connectivity index (χ1) is 13.6. The Morgan fingerprint density at radius 2 is 1.90 bits per heavy atom. The summed E-state index contributed by atoms with van der Waals surface area (Å²) in [6.45, 7) is 3.95. The number of halogens is 2. The second kappa shape index (κ2) is 9.44. The number of rotatable bonds is 4. The molecule has 1 aliphatic rings. The van der Waals surface area contributed by atoms with Gasteiger partial charge < -0.3 is 10.6 Å². The first kappa shape index (κ1) is 21.4. The highest BCUT2D eigenvalue weighted by molar-refractivity contribution is 6.30. The number of aromatic nitrogens is 2. The highest BCUT2D eigenvalue weighted by Crippen LogP contribution is 2.31. The summed E-state index contributed by atoms with van der Waals surface area (Å²) in [5.74, 6) is 0.144. The summed E-state index contributed by atoms with van der Waals surface area (Å²) in [7, 11) is 0. The van der Waals surface area contributed by atoms with Gasteiger partial charge in [-0.05, 0) is 74.8 Å². The van der Waals surface area contributed by atoms with Crippen LogP contribution in [0.3, 0.4) is 0 Å². The molecular weight excluding hydrogens is 407 g/mol. The summed E-state index contributed by atoms with van der Waals surface area (Å²) in [5, 5.41) is 11.6. The van der Waals surface area contributed by atoms with E-state index in [1.807, 2.05) is 16.8 Å². The zero-order chi connectivity index (χ0) is 19.5. The molecule has 1 amide bonds. The van der Waals surface area contributed by atoms with Gasteiger partial charge in [0.25, 0.3) is 5.91 Å². The molecule has 2 aromatic carbocycles. The molecule has 1 aromatic heterocycles. The molecule has 0 atom stereocenters. The monoisotopic (exact) mass is 430 g/mol. The van der Waals surface area contributed by atoms with Gasteiger partial charge in [0, 0.05) is 16.6 Å². The zero-order valence-corrected chi connectivity index (χ0v) is 17.8. The molecule has 3 aromatic rings. The number of hydrogen-bond acceptors (Lipinski definition) is 3. The number of piperidine rings is 1. The Labute approximate surface area is 181 Å². The summed E-state index contributed by atoms with van der Waals surface area (Å²) in [5.41, 5.74) is 4.48. The molecule has 0 radical (unpaired) electrons. The number of carbonyl (C=O) groups excluding carboxylic acids is 1. The molecule has 0 unspecified atom stereocenters. The van der Waals surface area contributed by atoms with Crippen molar-refractivity contribution in [2.45, 2.75) is 25.7 Å². The summed E-state index contributed by atoms with van der Waals surface area (Å²) in [6, 6.07) is 15.3. The Morgan fingerprint density at radius 1 is 1.17 bits per heavy atom. The maximum absolute atomic E-state index is 13.1. The van der Waals surface area contributed by atoms with Crippen molar-refractivity contribution in [3.63, 3.8) is 0 Å². The summed E-state index contributed by atoms with van der Waals surface area (Å²) < 4.78 is 1.93. The van der Waals surface area contributed by atoms with Crippen molar-refractivity contribution in [1.82, 2.24) is 15.1 Å². The molecule has 0 bridgehead atoms. The Balaban J connectivity index is 0.00000240. The lowest BCUT2D eigenvalue weighted by Crippen LogP contribution is -2.29. The van der Waals surface area contributed by atoms with Crippen molar-refractivity contribution in [2.24, 2.45) is 0 Å². The standard InChI is InChI=1S/C22H23ClN4O.ClH/c1-15-3-2-4-19(13-15)27-21(16-9-11-24-12-10-16)20(14-25-27)22(28)26-18-7-5-17(23)6-8-18;/h2-8,13-14,16,24H,9-12H2,1H3,(H,26,28);1H. The van der Waals surface area contributed by atoms with Gasteiger partial charge >= 0.3 is 0 Å². The van der Waals surface area contributed by atoms with Crippen LogP contribution in [-0.2, 0) is 0 Å². The summed E-state index contributed by atoms with van der Waals surface area (Å²) in [6.07, 6.45) is 3.66. The molecule has 152 valence electrons. The number of nitrogens with zero attached hydrogens (tertiary/aromatic N) is 2. The molecular formula is C22H24Cl2N4O. The number of benzene rings is 2. The molecule has 4 rings (SSSR count). The second-order valence-corrected chi connectivity index (χ2v) is 7.62. The Morgan fingerprint density at radius 3 is 2.59 bits per heavy atom. The van der Waals surface area contributed by atoms with Crippen molar-refractivity contribution in [3.8, 4) is 5.69 Å². The molecule has 0 aliphatic carbocycles. The summed E-state index contributed by atoms with van der Waals surface area (Å²) in [4.78, 5) is 13.1. The van der Waals surface area contributed by atoms with Gasteiger partial charge in [0.1, 0.15) is 0 Å². The van der Waals surface area contributed by atoms with Crippen molar-refractivity contribution >= 4 is 35.6 Å². The molecule has 1 saturated heterocycles. The van der Waals surface area contributed by atoms with E-state index >= 15 is 0 Å². The number of hydrogen-bond donors (Lipinski definition) is 2. The van der Waals surface area contributed by atoms with E-state index in [0.717, 1.165) is 42.9 Å². The van der Waals surface area contributed by atoms with E-state index in [0.29, 0.717) is 16.3 Å². The van der Waals surface area contributed by atoms with E-state index in [2.05, 4.69) is 34.8 Å². The lowest BCUT2D eigenvalue weighted by molar-refractivity contribution is 0.102. The van der Waals surface area contributed by atoms with Crippen molar-refractivity contribution in [2.75, 3.05) is 18.4 Å². The van der Waals surface area contributed by atoms with Crippen LogP contribution < -0.4 is 10.6 Å². The van der Waals surface area contributed by atoms with Crippen molar-refractivity contribution in [1.29, 1.82) is 0 Å². The Bertz CT molecular complexity index is 979. The molecule has 29 heavy (non-hydrogen) atoms. The van der Waals surface area contributed by atoms with Crippen LogP contribution in [0.15, 0.2) is 54.7 Å². The van der Waals surface area contributed by atoms with Gasteiger partial charge in [0.05, 0.1) is 23.1 Å². The van der Waals surface area contributed by atoms with Gasteiger partial charge in [0.15, 0.2) is 0 Å².